The summed E-state index contributed by atoms with van der Waals surface area (Å²) in [4.78, 5) is 0.130. The summed E-state index contributed by atoms with van der Waals surface area (Å²) in [7, 11) is -3.78. The van der Waals surface area contributed by atoms with E-state index in [-0.39, 0.29) is 27.6 Å². The molecule has 0 aliphatic heterocycles. The molecule has 0 aromatic heterocycles. The third-order valence-electron chi connectivity index (χ3n) is 2.40. The molecule has 0 radical (unpaired) electrons. The van der Waals surface area contributed by atoms with Gasteiger partial charge < -0.3 is 9.92 Å². The minimum atomic E-state index is -3.78. The maximum Gasteiger partial charge on any atom is 0.339 e. The van der Waals surface area contributed by atoms with Gasteiger partial charge in [0.25, 0.3) is 0 Å². The number of aryl methyl sites for hydroxylation is 1. The van der Waals surface area contributed by atoms with Crippen LogP contribution >= 0.6 is 17.0 Å². The first-order valence-corrected chi connectivity index (χ1v) is 6.75. The Kier molecular flexibility index (Phi) is 4.97. The maximum absolute atomic E-state index is 11.9. The first-order valence-electron chi connectivity index (χ1n) is 5.34. The number of nitrogens with two attached hydrogens (primary N) is 1. The van der Waals surface area contributed by atoms with Crippen molar-refractivity contribution in [3.63, 3.8) is 0 Å². The summed E-state index contributed by atoms with van der Waals surface area (Å²) in [5.41, 5.74) is 7.05. The van der Waals surface area contributed by atoms with Crippen LogP contribution in [0.3, 0.4) is 0 Å². The molecule has 4 nitrogen and oxygen atoms in total. The van der Waals surface area contributed by atoms with Crippen molar-refractivity contribution in [1.82, 2.24) is 0 Å². The Morgan fingerprint density at radius 3 is 2.00 bits per heavy atom. The van der Waals surface area contributed by atoms with Gasteiger partial charge in [-0.1, -0.05) is 17.7 Å². The van der Waals surface area contributed by atoms with Crippen molar-refractivity contribution < 1.29 is 12.6 Å². The normalized spacial score (nSPS) is 10.6. The van der Waals surface area contributed by atoms with Crippen molar-refractivity contribution >= 4 is 32.8 Å². The van der Waals surface area contributed by atoms with Crippen molar-refractivity contribution in [1.29, 1.82) is 0 Å². The molecule has 6 heteroatoms. The zero-order valence-electron chi connectivity index (χ0n) is 10.2. The zero-order chi connectivity index (χ0) is 13.2. The van der Waals surface area contributed by atoms with E-state index < -0.39 is 10.1 Å². The minimum Gasteiger partial charge on any atom is -0.399 e. The first kappa shape index (κ1) is 15.5. The smallest absolute Gasteiger partial charge is 0.339 e. The standard InChI is InChI=1S/C13H13NO3S.BrH/c1-10-2-8-13(9-3-10)18(15,16)17-12-6-4-11(14)5-7-12;/h2-9H,14H2,1H3;1H. The van der Waals surface area contributed by atoms with Crippen LogP contribution in [0.1, 0.15) is 5.56 Å². The van der Waals surface area contributed by atoms with E-state index in [1.807, 2.05) is 6.92 Å². The Morgan fingerprint density at radius 1 is 0.947 bits per heavy atom. The molecule has 2 N–H and O–H groups in total. The molecular weight excluding hydrogens is 330 g/mol. The third-order valence-corrected chi connectivity index (χ3v) is 3.66. The lowest BCUT2D eigenvalue weighted by Gasteiger charge is -2.07. The van der Waals surface area contributed by atoms with Crippen LogP contribution in [-0.2, 0) is 10.1 Å². The summed E-state index contributed by atoms with van der Waals surface area (Å²) in [5.74, 6) is 0.241. The van der Waals surface area contributed by atoms with Gasteiger partial charge in [0.05, 0.1) is 0 Å². The van der Waals surface area contributed by atoms with Gasteiger partial charge in [-0.15, -0.1) is 17.0 Å². The molecule has 0 aliphatic carbocycles. The fourth-order valence-electron chi connectivity index (χ4n) is 1.40. The van der Waals surface area contributed by atoms with Gasteiger partial charge in [0, 0.05) is 5.69 Å². The topological polar surface area (TPSA) is 69.4 Å². The van der Waals surface area contributed by atoms with Crippen LogP contribution in [0.15, 0.2) is 53.4 Å². The van der Waals surface area contributed by atoms with Crippen LogP contribution in [0.25, 0.3) is 0 Å². The summed E-state index contributed by atoms with van der Waals surface area (Å²) in [6.07, 6.45) is 0. The molecule has 0 bridgehead atoms. The van der Waals surface area contributed by atoms with Gasteiger partial charge in [-0.25, -0.2) is 0 Å². The number of hydrogen-bond acceptors (Lipinski definition) is 4. The average Bonchev–Trinajstić information content (AvgIpc) is 2.32. The van der Waals surface area contributed by atoms with E-state index >= 15 is 0 Å². The van der Waals surface area contributed by atoms with Crippen LogP contribution in [0.2, 0.25) is 0 Å². The number of nitrogen functional groups attached to an aromatic ring is 1. The predicted molar refractivity (Wildman–Crippen MR) is 80.2 cm³/mol. The lowest BCUT2D eigenvalue weighted by molar-refractivity contribution is 0.486. The van der Waals surface area contributed by atoms with Crippen molar-refractivity contribution in [3.8, 4) is 5.75 Å². The van der Waals surface area contributed by atoms with Gasteiger partial charge in [-0.05, 0) is 43.3 Å². The van der Waals surface area contributed by atoms with E-state index in [9.17, 15) is 8.42 Å². The van der Waals surface area contributed by atoms with E-state index in [1.165, 1.54) is 24.3 Å². The van der Waals surface area contributed by atoms with Crippen molar-refractivity contribution in [2.24, 2.45) is 0 Å². The zero-order valence-corrected chi connectivity index (χ0v) is 12.8. The lowest BCUT2D eigenvalue weighted by Crippen LogP contribution is -2.09. The third kappa shape index (κ3) is 3.97. The highest BCUT2D eigenvalue weighted by molar-refractivity contribution is 8.93. The first-order chi connectivity index (χ1) is 8.47. The fourth-order valence-corrected chi connectivity index (χ4v) is 2.33. The molecule has 2 aromatic carbocycles. The summed E-state index contributed by atoms with van der Waals surface area (Å²) in [6, 6.07) is 12.7. The van der Waals surface area contributed by atoms with Crippen molar-refractivity contribution in [2.45, 2.75) is 11.8 Å². The largest absolute Gasteiger partial charge is 0.399 e. The quantitative estimate of drug-likeness (QED) is 0.687. The molecule has 0 unspecified atom stereocenters. The van der Waals surface area contributed by atoms with Crippen molar-refractivity contribution in [3.05, 3.63) is 54.1 Å². The molecule has 0 aliphatic rings. The monoisotopic (exact) mass is 343 g/mol. The van der Waals surface area contributed by atoms with E-state index in [0.717, 1.165) is 5.56 Å². The predicted octanol–water partition coefficient (Wildman–Crippen LogP) is 2.92. The van der Waals surface area contributed by atoms with E-state index in [1.54, 1.807) is 24.3 Å². The summed E-state index contributed by atoms with van der Waals surface area (Å²) in [6.45, 7) is 1.89. The van der Waals surface area contributed by atoms with Gasteiger partial charge in [0.15, 0.2) is 0 Å². The molecule has 0 amide bonds. The summed E-state index contributed by atoms with van der Waals surface area (Å²) < 4.78 is 28.9. The van der Waals surface area contributed by atoms with Crippen LogP contribution in [0.4, 0.5) is 5.69 Å². The molecule has 19 heavy (non-hydrogen) atoms. The van der Waals surface area contributed by atoms with Crippen LogP contribution in [-0.4, -0.2) is 8.42 Å². The van der Waals surface area contributed by atoms with Gasteiger partial charge in [0.2, 0.25) is 0 Å². The second-order valence-electron chi connectivity index (χ2n) is 3.92. The molecule has 2 aromatic rings. The Balaban J connectivity index is 0.00000180. The minimum absolute atomic E-state index is 0. The number of rotatable bonds is 3. The molecule has 0 heterocycles. The fraction of sp³-hybridized carbons (Fsp3) is 0.0769. The van der Waals surface area contributed by atoms with Crippen LogP contribution in [0.5, 0.6) is 5.75 Å². The Bertz CT molecular complexity index is 637. The summed E-state index contributed by atoms with van der Waals surface area (Å²) in [5, 5.41) is 0. The molecule has 0 saturated carbocycles. The Hall–Kier alpha value is -1.53. The molecule has 102 valence electrons. The molecule has 0 fully saturated rings. The number of halogens is 1. The molecule has 0 spiro atoms. The molecule has 0 atom stereocenters. The van der Waals surface area contributed by atoms with Crippen molar-refractivity contribution in [2.75, 3.05) is 5.73 Å². The van der Waals surface area contributed by atoms with Gasteiger partial charge in [-0.2, -0.15) is 8.42 Å². The average molecular weight is 344 g/mol. The van der Waals surface area contributed by atoms with Gasteiger partial charge in [-0.3, -0.25) is 0 Å². The maximum atomic E-state index is 11.9. The van der Waals surface area contributed by atoms with E-state index in [4.69, 9.17) is 9.92 Å². The number of benzene rings is 2. The highest BCUT2D eigenvalue weighted by atomic mass is 79.9. The van der Waals surface area contributed by atoms with E-state index in [2.05, 4.69) is 0 Å². The van der Waals surface area contributed by atoms with Gasteiger partial charge >= 0.3 is 10.1 Å². The number of anilines is 1. The second-order valence-corrected chi connectivity index (χ2v) is 5.47. The Morgan fingerprint density at radius 2 is 1.47 bits per heavy atom. The lowest BCUT2D eigenvalue weighted by atomic mass is 10.2. The second kappa shape index (κ2) is 6.08. The van der Waals surface area contributed by atoms with Crippen LogP contribution < -0.4 is 9.92 Å². The summed E-state index contributed by atoms with van der Waals surface area (Å²) >= 11 is 0. The molecular formula is C13H14BrNO3S. The number of hydrogen-bond donors (Lipinski definition) is 1. The highest BCUT2D eigenvalue weighted by Gasteiger charge is 2.15. The van der Waals surface area contributed by atoms with E-state index in [0.29, 0.717) is 5.69 Å². The highest BCUT2D eigenvalue weighted by Crippen LogP contribution is 2.19. The molecule has 0 saturated heterocycles. The Labute approximate surface area is 123 Å². The van der Waals surface area contributed by atoms with Crippen LogP contribution in [0, 0.1) is 6.92 Å². The SMILES string of the molecule is Br.Cc1ccc(S(=O)(=O)Oc2ccc(N)cc2)cc1. The van der Waals surface area contributed by atoms with Gasteiger partial charge in [0.1, 0.15) is 10.6 Å². The molecule has 2 rings (SSSR count).